The fourth-order valence-electron chi connectivity index (χ4n) is 8.10. The van der Waals surface area contributed by atoms with Crippen LogP contribution in [-0.4, -0.2) is 57.6 Å². The number of carbonyl (C=O) groups is 2. The summed E-state index contributed by atoms with van der Waals surface area (Å²) in [5.41, 5.74) is 2.33. The second-order valence-corrected chi connectivity index (χ2v) is 13.3. The van der Waals surface area contributed by atoms with Crippen LogP contribution < -0.4 is 10.3 Å². The summed E-state index contributed by atoms with van der Waals surface area (Å²) >= 11 is 0. The van der Waals surface area contributed by atoms with Gasteiger partial charge in [0.25, 0.3) is 5.56 Å². The average Bonchev–Trinajstić information content (AvgIpc) is 3.46. The summed E-state index contributed by atoms with van der Waals surface area (Å²) in [6, 6.07) is 8.19. The summed E-state index contributed by atoms with van der Waals surface area (Å²) in [7, 11) is 1.49. The first-order valence-electron chi connectivity index (χ1n) is 17.2. The van der Waals surface area contributed by atoms with Crippen LogP contribution in [0.2, 0.25) is 0 Å². The molecule has 1 unspecified atom stereocenters. The molecule has 246 valence electrons. The number of aldehydes is 1. The van der Waals surface area contributed by atoms with Gasteiger partial charge < -0.3 is 19.1 Å². The van der Waals surface area contributed by atoms with E-state index in [-0.39, 0.29) is 35.7 Å². The number of esters is 1. The van der Waals surface area contributed by atoms with E-state index < -0.39 is 5.60 Å². The monoisotopic (exact) mass is 629 g/mol. The first kappa shape index (κ1) is 32.5. The van der Waals surface area contributed by atoms with Crippen LogP contribution in [0.15, 0.2) is 29.1 Å². The minimum Gasteiger partial charge on any atom is -0.426 e. The van der Waals surface area contributed by atoms with Crippen LogP contribution in [0.25, 0.3) is 22.3 Å². The van der Waals surface area contributed by atoms with Crippen LogP contribution >= 0.6 is 0 Å². The predicted octanol–water partition coefficient (Wildman–Crippen LogP) is 5.80. The normalized spacial score (nSPS) is 18.4. The van der Waals surface area contributed by atoms with Gasteiger partial charge in [0.05, 0.1) is 36.6 Å². The zero-order chi connectivity index (χ0) is 32.4. The molecule has 9 nitrogen and oxygen atoms in total. The molecule has 2 aromatic heterocycles. The van der Waals surface area contributed by atoms with Crippen molar-refractivity contribution in [2.75, 3.05) is 13.7 Å². The Balaban J connectivity index is 1.32. The van der Waals surface area contributed by atoms with Gasteiger partial charge in [-0.3, -0.25) is 19.3 Å². The Morgan fingerprint density at radius 3 is 2.30 bits per heavy atom. The Hall–Kier alpha value is -3.40. The predicted molar refractivity (Wildman–Crippen MR) is 177 cm³/mol. The van der Waals surface area contributed by atoms with E-state index in [0.717, 1.165) is 47.7 Å². The van der Waals surface area contributed by atoms with Crippen molar-refractivity contribution in [2.24, 2.45) is 0 Å². The summed E-state index contributed by atoms with van der Waals surface area (Å²) in [6.07, 6.45) is 13.4. The van der Waals surface area contributed by atoms with Gasteiger partial charge >= 0.3 is 5.97 Å². The summed E-state index contributed by atoms with van der Waals surface area (Å²) in [6.45, 7) is 4.38. The smallest absolute Gasteiger partial charge is 0.325 e. The highest BCUT2D eigenvalue weighted by Gasteiger charge is 2.36. The lowest BCUT2D eigenvalue weighted by Crippen LogP contribution is -2.48. The maximum Gasteiger partial charge on any atom is 0.325 e. The second-order valence-electron chi connectivity index (χ2n) is 13.3. The summed E-state index contributed by atoms with van der Waals surface area (Å²) in [5, 5.41) is 12.0. The highest BCUT2D eigenvalue weighted by molar-refractivity contribution is 5.90. The standard InChI is InChI=1S/C37H47N3O6/c1-4-27-28-18-26(46-34(42)21-39(24-12-8-6-9-13-24)25-14-10-7-11-15-25)16-17-32(28)38-35-29(27)20-40-33(35)19-31(37(44,5-2)23-41)30(22-45-3)36(40)43/h16-19,23-25,44H,4-15,20-22H2,1-3H3. The van der Waals surface area contributed by atoms with Gasteiger partial charge in [0.2, 0.25) is 0 Å². The molecule has 3 aliphatic rings. The molecule has 1 N–H and O–H groups in total. The van der Waals surface area contributed by atoms with E-state index in [9.17, 15) is 19.5 Å². The summed E-state index contributed by atoms with van der Waals surface area (Å²) in [4.78, 5) is 46.7. The molecule has 1 aliphatic heterocycles. The SMILES string of the molecule is CCc1c2c(nc3ccc(OC(=O)CN(C4CCCCC4)C4CCCCC4)cc13)-c1cc(C(O)(C=O)CC)c(COC)c(=O)n1C2. The third-order valence-electron chi connectivity index (χ3n) is 10.6. The lowest BCUT2D eigenvalue weighted by atomic mass is 9.88. The molecular formula is C37H47N3O6. The number of hydrogen-bond acceptors (Lipinski definition) is 8. The molecule has 46 heavy (non-hydrogen) atoms. The molecule has 0 amide bonds. The van der Waals surface area contributed by atoms with Gasteiger partial charge in [-0.2, -0.15) is 0 Å². The Morgan fingerprint density at radius 2 is 1.72 bits per heavy atom. The van der Waals surface area contributed by atoms with Gasteiger partial charge in [0, 0.05) is 41.3 Å². The van der Waals surface area contributed by atoms with Gasteiger partial charge in [-0.15, -0.1) is 0 Å². The first-order chi connectivity index (χ1) is 22.3. The lowest BCUT2D eigenvalue weighted by Gasteiger charge is -2.41. The molecule has 2 aliphatic carbocycles. The van der Waals surface area contributed by atoms with Gasteiger partial charge in [-0.25, -0.2) is 4.98 Å². The first-order valence-corrected chi connectivity index (χ1v) is 17.2. The van der Waals surface area contributed by atoms with Crippen molar-refractivity contribution in [1.82, 2.24) is 14.5 Å². The lowest BCUT2D eigenvalue weighted by molar-refractivity contribution is -0.137. The maximum atomic E-state index is 13.8. The number of carbonyl (C=O) groups excluding carboxylic acids is 2. The minimum atomic E-state index is -1.81. The Bertz CT molecular complexity index is 1650. The van der Waals surface area contributed by atoms with Crippen molar-refractivity contribution < 1.29 is 24.2 Å². The summed E-state index contributed by atoms with van der Waals surface area (Å²) < 4.78 is 13.0. The molecular weight excluding hydrogens is 582 g/mol. The van der Waals surface area contributed by atoms with Gasteiger partial charge in [0.15, 0.2) is 6.29 Å². The molecule has 2 saturated carbocycles. The molecule has 2 fully saturated rings. The van der Waals surface area contributed by atoms with Crippen molar-refractivity contribution in [3.8, 4) is 17.1 Å². The fraction of sp³-hybridized carbons (Fsp3) is 0.568. The van der Waals surface area contributed by atoms with E-state index in [0.29, 0.717) is 55.0 Å². The molecule has 0 radical (unpaired) electrons. The van der Waals surface area contributed by atoms with Crippen molar-refractivity contribution in [2.45, 2.75) is 122 Å². The van der Waals surface area contributed by atoms with Crippen molar-refractivity contribution >= 4 is 23.2 Å². The molecule has 0 bridgehead atoms. The molecule has 3 aromatic rings. The Labute approximate surface area is 270 Å². The number of ether oxygens (including phenoxy) is 2. The number of aliphatic hydroxyl groups is 1. The van der Waals surface area contributed by atoms with Crippen LogP contribution in [0.3, 0.4) is 0 Å². The Kier molecular flexibility index (Phi) is 9.73. The van der Waals surface area contributed by atoms with E-state index in [1.165, 1.54) is 45.6 Å². The minimum absolute atomic E-state index is 0.0232. The topological polar surface area (TPSA) is 111 Å². The van der Waals surface area contributed by atoms with Crippen LogP contribution in [0.1, 0.15) is 107 Å². The van der Waals surface area contributed by atoms with Crippen LogP contribution in [0.4, 0.5) is 0 Å². The van der Waals surface area contributed by atoms with Crippen LogP contribution in [0.5, 0.6) is 5.75 Å². The Morgan fingerprint density at radius 1 is 1.04 bits per heavy atom. The quantitative estimate of drug-likeness (QED) is 0.126. The van der Waals surface area contributed by atoms with Crippen molar-refractivity contribution in [3.63, 3.8) is 0 Å². The zero-order valence-corrected chi connectivity index (χ0v) is 27.5. The van der Waals surface area contributed by atoms with Crippen molar-refractivity contribution in [1.29, 1.82) is 0 Å². The molecule has 6 rings (SSSR count). The number of methoxy groups -OCH3 is 1. The number of nitrogens with zero attached hydrogens (tertiary/aromatic N) is 3. The molecule has 1 aromatic carbocycles. The molecule has 0 saturated heterocycles. The fourth-order valence-corrected chi connectivity index (χ4v) is 8.10. The van der Waals surface area contributed by atoms with Crippen LogP contribution in [-0.2, 0) is 39.5 Å². The highest BCUT2D eigenvalue weighted by Crippen LogP contribution is 2.39. The largest absolute Gasteiger partial charge is 0.426 e. The molecule has 9 heteroatoms. The van der Waals surface area contributed by atoms with E-state index in [2.05, 4.69) is 11.8 Å². The molecule has 1 atom stereocenters. The number of benzene rings is 1. The molecule has 3 heterocycles. The number of aryl methyl sites for hydroxylation is 1. The van der Waals surface area contributed by atoms with Crippen molar-refractivity contribution in [3.05, 3.63) is 56.9 Å². The van der Waals surface area contributed by atoms with E-state index in [1.807, 2.05) is 12.1 Å². The van der Waals surface area contributed by atoms with Crippen LogP contribution in [0, 0.1) is 0 Å². The number of rotatable bonds is 11. The second kappa shape index (κ2) is 13.8. The van der Waals surface area contributed by atoms with E-state index in [4.69, 9.17) is 14.5 Å². The highest BCUT2D eigenvalue weighted by atomic mass is 16.5. The third kappa shape index (κ3) is 6.05. The summed E-state index contributed by atoms with van der Waals surface area (Å²) in [5.74, 6) is 0.274. The number of pyridine rings is 2. The van der Waals surface area contributed by atoms with Gasteiger partial charge in [0.1, 0.15) is 11.4 Å². The van der Waals surface area contributed by atoms with Gasteiger partial charge in [-0.1, -0.05) is 52.4 Å². The maximum absolute atomic E-state index is 13.8. The third-order valence-corrected chi connectivity index (χ3v) is 10.6. The number of hydrogen-bond donors (Lipinski definition) is 1. The number of fused-ring (bicyclic) bond motifs is 4. The number of aromatic nitrogens is 2. The zero-order valence-electron chi connectivity index (χ0n) is 27.5. The van der Waals surface area contributed by atoms with E-state index in [1.54, 1.807) is 23.6 Å². The molecule has 0 spiro atoms. The van der Waals surface area contributed by atoms with Gasteiger partial charge in [-0.05, 0) is 68.4 Å². The average molecular weight is 630 g/mol. The van der Waals surface area contributed by atoms with E-state index >= 15 is 0 Å².